The molecular formula is C21H26N2O3S. The van der Waals surface area contributed by atoms with Crippen LogP contribution in [0, 0.1) is 13.8 Å². The van der Waals surface area contributed by atoms with Crippen molar-refractivity contribution in [1.29, 1.82) is 0 Å². The Morgan fingerprint density at radius 3 is 2.37 bits per heavy atom. The zero-order valence-electron chi connectivity index (χ0n) is 15.9. The second-order valence-electron chi connectivity index (χ2n) is 7.16. The normalized spacial score (nSPS) is 14.4. The molecule has 0 aromatic heterocycles. The van der Waals surface area contributed by atoms with E-state index in [0.717, 1.165) is 37.1 Å². The van der Waals surface area contributed by atoms with Gasteiger partial charge >= 0.3 is 0 Å². The summed E-state index contributed by atoms with van der Waals surface area (Å²) < 4.78 is 28.0. The number of rotatable bonds is 6. The number of benzene rings is 2. The van der Waals surface area contributed by atoms with Gasteiger partial charge in [-0.1, -0.05) is 24.3 Å². The van der Waals surface area contributed by atoms with Crippen LogP contribution in [0.1, 0.15) is 36.0 Å². The van der Waals surface area contributed by atoms with Crippen LogP contribution in [0.4, 0.5) is 5.69 Å². The van der Waals surface area contributed by atoms with Crippen LogP contribution in [0.2, 0.25) is 0 Å². The number of anilines is 1. The van der Waals surface area contributed by atoms with Crippen molar-refractivity contribution in [3.8, 4) is 0 Å². The molecule has 0 saturated carbocycles. The summed E-state index contributed by atoms with van der Waals surface area (Å²) in [4.78, 5) is 14.3. The summed E-state index contributed by atoms with van der Waals surface area (Å²) in [6.45, 7) is 5.40. The SMILES string of the molecule is Cc1ccc(C)c(S(=O)(=O)Nc2ccc(CCC(=O)N3CCCC3)cc2)c1. The first-order valence-corrected chi connectivity index (χ1v) is 10.8. The molecule has 0 atom stereocenters. The number of amides is 1. The van der Waals surface area contributed by atoms with Gasteiger partial charge in [-0.05, 0) is 68.0 Å². The Bertz CT molecular complexity index is 915. The summed E-state index contributed by atoms with van der Waals surface area (Å²) in [7, 11) is -3.63. The fraction of sp³-hybridized carbons (Fsp3) is 0.381. The quantitative estimate of drug-likeness (QED) is 0.824. The van der Waals surface area contributed by atoms with Crippen LogP contribution >= 0.6 is 0 Å². The predicted octanol–water partition coefficient (Wildman–Crippen LogP) is 3.66. The highest BCUT2D eigenvalue weighted by Gasteiger charge is 2.18. The average molecular weight is 387 g/mol. The molecule has 1 amide bonds. The van der Waals surface area contributed by atoms with Gasteiger partial charge in [0.15, 0.2) is 0 Å². The van der Waals surface area contributed by atoms with Gasteiger partial charge in [0.2, 0.25) is 5.91 Å². The van der Waals surface area contributed by atoms with Gasteiger partial charge in [-0.25, -0.2) is 8.42 Å². The molecule has 27 heavy (non-hydrogen) atoms. The number of sulfonamides is 1. The van der Waals surface area contributed by atoms with E-state index in [0.29, 0.717) is 29.0 Å². The van der Waals surface area contributed by atoms with Crippen molar-refractivity contribution in [1.82, 2.24) is 4.90 Å². The van der Waals surface area contributed by atoms with Gasteiger partial charge in [0.1, 0.15) is 0 Å². The predicted molar refractivity (Wildman–Crippen MR) is 107 cm³/mol. The van der Waals surface area contributed by atoms with Crippen LogP contribution in [-0.2, 0) is 21.2 Å². The molecule has 2 aromatic rings. The zero-order valence-corrected chi connectivity index (χ0v) is 16.7. The largest absolute Gasteiger partial charge is 0.343 e. The Hall–Kier alpha value is -2.34. The number of aryl methyl sites for hydroxylation is 3. The summed E-state index contributed by atoms with van der Waals surface area (Å²) in [6.07, 6.45) is 3.36. The van der Waals surface area contributed by atoms with Crippen molar-refractivity contribution >= 4 is 21.6 Å². The lowest BCUT2D eigenvalue weighted by atomic mass is 10.1. The second kappa shape index (κ2) is 8.13. The van der Waals surface area contributed by atoms with Gasteiger partial charge in [-0.15, -0.1) is 0 Å². The van der Waals surface area contributed by atoms with Crippen molar-refractivity contribution in [2.45, 2.75) is 44.4 Å². The molecule has 144 valence electrons. The number of nitrogens with zero attached hydrogens (tertiary/aromatic N) is 1. The van der Waals surface area contributed by atoms with Crippen LogP contribution < -0.4 is 4.72 Å². The minimum Gasteiger partial charge on any atom is -0.343 e. The average Bonchev–Trinajstić information content (AvgIpc) is 3.17. The molecular weight excluding hydrogens is 360 g/mol. The molecule has 0 aliphatic carbocycles. The molecule has 1 N–H and O–H groups in total. The molecule has 0 bridgehead atoms. The number of nitrogens with one attached hydrogen (secondary N) is 1. The van der Waals surface area contributed by atoms with E-state index in [4.69, 9.17) is 0 Å². The first-order chi connectivity index (χ1) is 12.8. The van der Waals surface area contributed by atoms with E-state index in [1.807, 2.05) is 36.1 Å². The van der Waals surface area contributed by atoms with Gasteiger partial charge in [-0.3, -0.25) is 9.52 Å². The number of carbonyl (C=O) groups is 1. The van der Waals surface area contributed by atoms with E-state index in [1.165, 1.54) is 0 Å². The van der Waals surface area contributed by atoms with E-state index >= 15 is 0 Å². The molecule has 3 rings (SSSR count). The van der Waals surface area contributed by atoms with Crippen LogP contribution in [0.25, 0.3) is 0 Å². The van der Waals surface area contributed by atoms with Crippen molar-refractivity contribution < 1.29 is 13.2 Å². The van der Waals surface area contributed by atoms with E-state index in [9.17, 15) is 13.2 Å². The number of hydrogen-bond acceptors (Lipinski definition) is 3. The molecule has 1 heterocycles. The van der Waals surface area contributed by atoms with E-state index in [2.05, 4.69) is 4.72 Å². The zero-order chi connectivity index (χ0) is 19.4. The number of carbonyl (C=O) groups excluding carboxylic acids is 1. The topological polar surface area (TPSA) is 66.5 Å². The number of likely N-dealkylation sites (tertiary alicyclic amines) is 1. The fourth-order valence-electron chi connectivity index (χ4n) is 3.32. The monoisotopic (exact) mass is 386 g/mol. The van der Waals surface area contributed by atoms with Crippen LogP contribution in [0.5, 0.6) is 0 Å². The van der Waals surface area contributed by atoms with Gasteiger partial charge in [0.25, 0.3) is 10.0 Å². The molecule has 6 heteroatoms. The lowest BCUT2D eigenvalue weighted by Gasteiger charge is -2.15. The van der Waals surface area contributed by atoms with Gasteiger partial charge in [0, 0.05) is 25.2 Å². The third-order valence-electron chi connectivity index (χ3n) is 4.93. The van der Waals surface area contributed by atoms with E-state index < -0.39 is 10.0 Å². The Labute approximate surface area is 161 Å². The smallest absolute Gasteiger partial charge is 0.262 e. The van der Waals surface area contributed by atoms with Crippen molar-refractivity contribution in [3.05, 3.63) is 59.2 Å². The van der Waals surface area contributed by atoms with Crippen LogP contribution in [0.3, 0.4) is 0 Å². The molecule has 1 fully saturated rings. The van der Waals surface area contributed by atoms with Gasteiger partial charge in [0.05, 0.1) is 4.90 Å². The fourth-order valence-corrected chi connectivity index (χ4v) is 4.71. The summed E-state index contributed by atoms with van der Waals surface area (Å²) in [6, 6.07) is 12.6. The number of hydrogen-bond donors (Lipinski definition) is 1. The second-order valence-corrected chi connectivity index (χ2v) is 8.81. The molecule has 1 aliphatic rings. The third kappa shape index (κ3) is 4.89. The molecule has 1 aliphatic heterocycles. The molecule has 5 nitrogen and oxygen atoms in total. The van der Waals surface area contributed by atoms with Crippen molar-refractivity contribution in [2.75, 3.05) is 17.8 Å². The summed E-state index contributed by atoms with van der Waals surface area (Å²) in [5.74, 6) is 0.201. The molecule has 0 unspecified atom stereocenters. The van der Waals surface area contributed by atoms with Gasteiger partial charge < -0.3 is 4.90 Å². The lowest BCUT2D eigenvalue weighted by molar-refractivity contribution is -0.130. The molecule has 1 saturated heterocycles. The highest BCUT2D eigenvalue weighted by Crippen LogP contribution is 2.21. The molecule has 0 radical (unpaired) electrons. The summed E-state index contributed by atoms with van der Waals surface area (Å²) in [5.41, 5.74) is 3.16. The Kier molecular flexibility index (Phi) is 5.85. The first kappa shape index (κ1) is 19.4. The Balaban J connectivity index is 1.63. The highest BCUT2D eigenvalue weighted by molar-refractivity contribution is 7.92. The molecule has 2 aromatic carbocycles. The Morgan fingerprint density at radius 1 is 1.04 bits per heavy atom. The van der Waals surface area contributed by atoms with Crippen molar-refractivity contribution in [2.24, 2.45) is 0 Å². The Morgan fingerprint density at radius 2 is 1.70 bits per heavy atom. The standard InChI is InChI=1S/C21H26N2O3S/c1-16-5-6-17(2)20(15-16)27(25,26)22-19-10-7-18(8-11-19)9-12-21(24)23-13-3-4-14-23/h5-8,10-11,15,22H,3-4,9,12-14H2,1-2H3. The van der Waals surface area contributed by atoms with E-state index in [1.54, 1.807) is 25.1 Å². The maximum absolute atomic E-state index is 12.7. The minimum absolute atomic E-state index is 0.201. The highest BCUT2D eigenvalue weighted by atomic mass is 32.2. The minimum atomic E-state index is -3.63. The maximum atomic E-state index is 12.7. The summed E-state index contributed by atoms with van der Waals surface area (Å²) in [5, 5.41) is 0. The maximum Gasteiger partial charge on any atom is 0.262 e. The van der Waals surface area contributed by atoms with Crippen LogP contribution in [-0.4, -0.2) is 32.3 Å². The molecule has 0 spiro atoms. The van der Waals surface area contributed by atoms with E-state index in [-0.39, 0.29) is 5.91 Å². The summed E-state index contributed by atoms with van der Waals surface area (Å²) >= 11 is 0. The lowest BCUT2D eigenvalue weighted by Crippen LogP contribution is -2.27. The first-order valence-electron chi connectivity index (χ1n) is 9.32. The van der Waals surface area contributed by atoms with Gasteiger partial charge in [-0.2, -0.15) is 0 Å². The third-order valence-corrected chi connectivity index (χ3v) is 6.45. The van der Waals surface area contributed by atoms with Crippen LogP contribution in [0.15, 0.2) is 47.4 Å². The van der Waals surface area contributed by atoms with Crippen molar-refractivity contribution in [3.63, 3.8) is 0 Å².